The number of methoxy groups -OCH3 is 1. The van der Waals surface area contributed by atoms with Gasteiger partial charge in [-0.05, 0) is 13.8 Å². The molecule has 0 spiro atoms. The Morgan fingerprint density at radius 3 is 2.84 bits per heavy atom. The first-order chi connectivity index (χ1) is 9.02. The average molecular weight is 263 g/mol. The highest BCUT2D eigenvalue weighted by Crippen LogP contribution is 2.24. The molecule has 1 aliphatic rings. The zero-order valence-electron chi connectivity index (χ0n) is 11.3. The third-order valence-electron chi connectivity index (χ3n) is 3.21. The number of aryl methyl sites for hydroxylation is 1. The van der Waals surface area contributed by atoms with Gasteiger partial charge >= 0.3 is 0 Å². The molecule has 1 fully saturated rings. The van der Waals surface area contributed by atoms with E-state index in [0.29, 0.717) is 6.54 Å². The molecule has 6 heteroatoms. The summed E-state index contributed by atoms with van der Waals surface area (Å²) in [6.45, 7) is 4.29. The fourth-order valence-corrected chi connectivity index (χ4v) is 2.16. The number of pyridine rings is 1. The van der Waals surface area contributed by atoms with E-state index < -0.39 is 0 Å². The van der Waals surface area contributed by atoms with Crippen molar-refractivity contribution in [3.8, 4) is 5.75 Å². The fourth-order valence-electron chi connectivity index (χ4n) is 2.16. The Hall–Kier alpha value is -2.11. The van der Waals surface area contributed by atoms with E-state index in [-0.39, 0.29) is 24.9 Å². The highest BCUT2D eigenvalue weighted by atomic mass is 16.5. The summed E-state index contributed by atoms with van der Waals surface area (Å²) >= 11 is 0. The van der Waals surface area contributed by atoms with E-state index in [2.05, 4.69) is 10.3 Å². The molecule has 0 atom stereocenters. The Kier molecular flexibility index (Phi) is 3.69. The highest BCUT2D eigenvalue weighted by molar-refractivity contribution is 5.92. The number of nitrogens with one attached hydrogen (secondary N) is 1. The van der Waals surface area contributed by atoms with E-state index >= 15 is 0 Å². The largest absolute Gasteiger partial charge is 0.496 e. The van der Waals surface area contributed by atoms with Gasteiger partial charge in [0.2, 0.25) is 11.8 Å². The summed E-state index contributed by atoms with van der Waals surface area (Å²) in [4.78, 5) is 28.9. The molecule has 0 aromatic carbocycles. The molecule has 0 unspecified atom stereocenters. The summed E-state index contributed by atoms with van der Waals surface area (Å²) in [6.07, 6.45) is 1.72. The summed E-state index contributed by atoms with van der Waals surface area (Å²) in [5.41, 5.74) is 2.61. The van der Waals surface area contributed by atoms with Crippen LogP contribution in [0, 0.1) is 13.8 Å². The molecule has 0 aliphatic carbocycles. The molecule has 2 heterocycles. The van der Waals surface area contributed by atoms with Gasteiger partial charge in [-0.15, -0.1) is 0 Å². The summed E-state index contributed by atoms with van der Waals surface area (Å²) < 4.78 is 5.33. The second kappa shape index (κ2) is 5.26. The Morgan fingerprint density at radius 2 is 2.16 bits per heavy atom. The van der Waals surface area contributed by atoms with Crippen molar-refractivity contribution < 1.29 is 14.3 Å². The van der Waals surface area contributed by atoms with Gasteiger partial charge in [0.05, 0.1) is 32.4 Å². The maximum absolute atomic E-state index is 11.7. The number of carbonyl (C=O) groups excluding carboxylic acids is 2. The quantitative estimate of drug-likeness (QED) is 0.843. The van der Waals surface area contributed by atoms with Crippen LogP contribution in [-0.2, 0) is 16.1 Å². The molecule has 6 nitrogen and oxygen atoms in total. The lowest BCUT2D eigenvalue weighted by Gasteiger charge is -2.27. The predicted molar refractivity (Wildman–Crippen MR) is 68.7 cm³/mol. The van der Waals surface area contributed by atoms with Crippen LogP contribution in [0.3, 0.4) is 0 Å². The van der Waals surface area contributed by atoms with E-state index in [1.807, 2.05) is 13.8 Å². The maximum Gasteiger partial charge on any atom is 0.242 e. The molecule has 1 saturated heterocycles. The zero-order valence-corrected chi connectivity index (χ0v) is 11.3. The van der Waals surface area contributed by atoms with Gasteiger partial charge in [-0.3, -0.25) is 14.6 Å². The number of piperazine rings is 1. The van der Waals surface area contributed by atoms with Crippen LogP contribution in [0.15, 0.2) is 6.20 Å². The van der Waals surface area contributed by atoms with Crippen molar-refractivity contribution in [1.29, 1.82) is 0 Å². The van der Waals surface area contributed by atoms with E-state index in [1.165, 1.54) is 4.90 Å². The fraction of sp³-hybridized carbons (Fsp3) is 0.462. The van der Waals surface area contributed by atoms with Crippen LogP contribution in [0.1, 0.15) is 16.8 Å². The van der Waals surface area contributed by atoms with Crippen molar-refractivity contribution in [2.75, 3.05) is 20.2 Å². The minimum Gasteiger partial charge on any atom is -0.496 e. The molecule has 2 amide bonds. The molecule has 1 aromatic rings. The molecule has 2 rings (SSSR count). The third kappa shape index (κ3) is 2.67. The lowest BCUT2D eigenvalue weighted by Crippen LogP contribution is -2.51. The van der Waals surface area contributed by atoms with Crippen LogP contribution in [0.25, 0.3) is 0 Å². The topological polar surface area (TPSA) is 71.5 Å². The normalized spacial score (nSPS) is 15.4. The van der Waals surface area contributed by atoms with Crippen molar-refractivity contribution in [1.82, 2.24) is 15.2 Å². The minimum atomic E-state index is -0.142. The number of rotatable bonds is 3. The van der Waals surface area contributed by atoms with Gasteiger partial charge < -0.3 is 15.0 Å². The number of carbonyl (C=O) groups is 2. The standard InChI is InChI=1S/C13H17N3O3/c1-8-4-14-10(9(2)13(8)19-3)6-16-7-11(17)15-5-12(16)18/h4H,5-7H2,1-3H3,(H,15,17). The van der Waals surface area contributed by atoms with Gasteiger partial charge in [0.1, 0.15) is 5.75 Å². The lowest BCUT2D eigenvalue weighted by molar-refractivity contribution is -0.141. The smallest absolute Gasteiger partial charge is 0.242 e. The van der Waals surface area contributed by atoms with Crippen LogP contribution in [0.2, 0.25) is 0 Å². The Labute approximate surface area is 111 Å². The Morgan fingerprint density at radius 1 is 1.42 bits per heavy atom. The minimum absolute atomic E-state index is 0.0564. The molecule has 1 N–H and O–H groups in total. The monoisotopic (exact) mass is 263 g/mol. The van der Waals surface area contributed by atoms with Gasteiger partial charge in [-0.2, -0.15) is 0 Å². The Bertz CT molecular complexity index is 528. The summed E-state index contributed by atoms with van der Waals surface area (Å²) in [6, 6.07) is 0. The molecule has 102 valence electrons. The van der Waals surface area contributed by atoms with Crippen molar-refractivity contribution in [2.45, 2.75) is 20.4 Å². The summed E-state index contributed by atoms with van der Waals surface area (Å²) in [5.74, 6) is 0.538. The van der Waals surface area contributed by atoms with Crippen molar-refractivity contribution in [3.05, 3.63) is 23.0 Å². The van der Waals surface area contributed by atoms with Crippen LogP contribution < -0.4 is 10.1 Å². The first-order valence-electron chi connectivity index (χ1n) is 6.06. The molecule has 1 aromatic heterocycles. The molecule has 0 bridgehead atoms. The first kappa shape index (κ1) is 13.3. The zero-order chi connectivity index (χ0) is 14.0. The number of amides is 2. The van der Waals surface area contributed by atoms with E-state index in [4.69, 9.17) is 4.74 Å². The van der Waals surface area contributed by atoms with Gasteiger partial charge in [-0.25, -0.2) is 0 Å². The van der Waals surface area contributed by atoms with Crippen LogP contribution in [0.5, 0.6) is 5.75 Å². The first-order valence-corrected chi connectivity index (χ1v) is 6.06. The van der Waals surface area contributed by atoms with Gasteiger partial charge in [0, 0.05) is 17.3 Å². The Balaban J connectivity index is 2.23. The number of aromatic nitrogens is 1. The average Bonchev–Trinajstić information content (AvgIpc) is 2.38. The number of nitrogens with zero attached hydrogens (tertiary/aromatic N) is 2. The second-order valence-electron chi connectivity index (χ2n) is 4.57. The van der Waals surface area contributed by atoms with Crippen LogP contribution in [0.4, 0.5) is 0 Å². The molecule has 19 heavy (non-hydrogen) atoms. The summed E-state index contributed by atoms with van der Waals surface area (Å²) in [5, 5.41) is 2.52. The molecule has 1 aliphatic heterocycles. The molecular formula is C13H17N3O3. The van der Waals surface area contributed by atoms with Crippen molar-refractivity contribution >= 4 is 11.8 Å². The van der Waals surface area contributed by atoms with Crippen LogP contribution in [-0.4, -0.2) is 41.9 Å². The molecule has 0 radical (unpaired) electrons. The van der Waals surface area contributed by atoms with E-state index in [1.54, 1.807) is 13.3 Å². The van der Waals surface area contributed by atoms with E-state index in [0.717, 1.165) is 22.6 Å². The lowest BCUT2D eigenvalue weighted by atomic mass is 10.1. The SMILES string of the molecule is COc1c(C)cnc(CN2CC(=O)NCC2=O)c1C. The summed E-state index contributed by atoms with van der Waals surface area (Å²) in [7, 11) is 1.61. The third-order valence-corrected chi connectivity index (χ3v) is 3.21. The second-order valence-corrected chi connectivity index (χ2v) is 4.57. The molecular weight excluding hydrogens is 246 g/mol. The van der Waals surface area contributed by atoms with E-state index in [9.17, 15) is 9.59 Å². The van der Waals surface area contributed by atoms with Gasteiger partial charge in [-0.1, -0.05) is 0 Å². The highest BCUT2D eigenvalue weighted by Gasteiger charge is 2.24. The predicted octanol–water partition coefficient (Wildman–Crippen LogP) is 0.165. The number of hydrogen-bond acceptors (Lipinski definition) is 4. The number of hydrogen-bond donors (Lipinski definition) is 1. The maximum atomic E-state index is 11.7. The van der Waals surface area contributed by atoms with Gasteiger partial charge in [0.25, 0.3) is 0 Å². The van der Waals surface area contributed by atoms with Crippen molar-refractivity contribution in [3.63, 3.8) is 0 Å². The van der Waals surface area contributed by atoms with Crippen molar-refractivity contribution in [2.24, 2.45) is 0 Å². The van der Waals surface area contributed by atoms with Crippen LogP contribution >= 0.6 is 0 Å². The molecule has 0 saturated carbocycles. The number of ether oxygens (including phenoxy) is 1. The van der Waals surface area contributed by atoms with Gasteiger partial charge in [0.15, 0.2) is 0 Å².